The minimum absolute atomic E-state index is 0.592. The van der Waals surface area contributed by atoms with Crippen molar-refractivity contribution in [2.45, 2.75) is 18.0 Å². The fraction of sp³-hybridized carbons (Fsp3) is 1.00. The summed E-state index contributed by atoms with van der Waals surface area (Å²) in [5.41, 5.74) is 0. The van der Waals surface area contributed by atoms with Gasteiger partial charge in [-0.05, 0) is 6.92 Å². The molecule has 0 heterocycles. The van der Waals surface area contributed by atoms with E-state index < -0.39 is 17.7 Å². The average molecular weight is 165 g/mol. The van der Waals surface area contributed by atoms with Gasteiger partial charge in [0, 0.05) is 0 Å². The summed E-state index contributed by atoms with van der Waals surface area (Å²) < 4.78 is 45.8. The molecule has 0 radical (unpaired) electrons. The summed E-state index contributed by atoms with van der Waals surface area (Å²) in [5, 5.41) is 0. The topological polar surface area (TPSA) is 0 Å². The summed E-state index contributed by atoms with van der Waals surface area (Å²) in [6.45, 7) is -1.01. The highest BCUT2D eigenvalue weighted by Gasteiger charge is 2.50. The van der Waals surface area contributed by atoms with Gasteiger partial charge in [0.1, 0.15) is 6.67 Å². The maximum Gasteiger partial charge on any atom is 0.409 e. The Morgan fingerprint density at radius 2 is 1.67 bits per heavy atom. The highest BCUT2D eigenvalue weighted by atomic mass is 35.5. The number of rotatable bonds is 1. The van der Waals surface area contributed by atoms with Gasteiger partial charge in [0.05, 0.1) is 0 Å². The first kappa shape index (κ1) is 9.01. The molecule has 1 unspecified atom stereocenters. The molecule has 0 nitrogen and oxygen atoms in total. The summed E-state index contributed by atoms with van der Waals surface area (Å²) >= 11 is 4.70. The maximum absolute atomic E-state index is 11.5. The molecule has 0 fully saturated rings. The number of halogens is 5. The molecule has 56 valence electrons. The zero-order valence-corrected chi connectivity index (χ0v) is 5.35. The second-order valence-corrected chi connectivity index (χ2v) is 2.66. The first-order chi connectivity index (χ1) is 3.81. The first-order valence-corrected chi connectivity index (χ1v) is 2.50. The molecule has 0 N–H and O–H groups in total. The van der Waals surface area contributed by atoms with Crippen LogP contribution in [0.3, 0.4) is 0 Å². The van der Waals surface area contributed by atoms with Gasteiger partial charge in [-0.15, -0.1) is 11.6 Å². The molecule has 0 aromatic heterocycles. The summed E-state index contributed by atoms with van der Waals surface area (Å²) in [6, 6.07) is 0. The van der Waals surface area contributed by atoms with E-state index in [0.717, 1.165) is 0 Å². The molecule has 0 aliphatic heterocycles. The molecule has 0 saturated heterocycles. The van der Waals surface area contributed by atoms with Crippen LogP contribution >= 0.6 is 11.6 Å². The molecule has 9 heavy (non-hydrogen) atoms. The predicted octanol–water partition coefficient (Wildman–Crippen LogP) is 2.52. The molecule has 0 rings (SSSR count). The van der Waals surface area contributed by atoms with Gasteiger partial charge < -0.3 is 0 Å². The van der Waals surface area contributed by atoms with Crippen LogP contribution in [-0.2, 0) is 0 Å². The second-order valence-electron chi connectivity index (χ2n) is 1.83. The van der Waals surface area contributed by atoms with Crippen molar-refractivity contribution in [2.75, 3.05) is 6.67 Å². The standard InChI is InChI=1S/C4H5ClF4/c1-3(5,2-6)4(7,8)9/h2H2,1H3. The van der Waals surface area contributed by atoms with Gasteiger partial charge in [-0.1, -0.05) is 0 Å². The van der Waals surface area contributed by atoms with E-state index in [0.29, 0.717) is 6.92 Å². The predicted molar refractivity (Wildman–Crippen MR) is 26.3 cm³/mol. The molecule has 0 aliphatic rings. The van der Waals surface area contributed by atoms with Crippen LogP contribution in [0.5, 0.6) is 0 Å². The van der Waals surface area contributed by atoms with E-state index in [1.807, 2.05) is 0 Å². The van der Waals surface area contributed by atoms with Crippen molar-refractivity contribution >= 4 is 11.6 Å². The van der Waals surface area contributed by atoms with Crippen molar-refractivity contribution in [3.05, 3.63) is 0 Å². The van der Waals surface area contributed by atoms with Crippen LogP contribution in [0.2, 0.25) is 0 Å². The highest BCUT2D eigenvalue weighted by Crippen LogP contribution is 2.35. The lowest BCUT2D eigenvalue weighted by Crippen LogP contribution is -2.38. The lowest BCUT2D eigenvalue weighted by molar-refractivity contribution is -0.161. The van der Waals surface area contributed by atoms with E-state index in [2.05, 4.69) is 0 Å². The molecule has 1 atom stereocenters. The minimum Gasteiger partial charge on any atom is -0.249 e. The van der Waals surface area contributed by atoms with Crippen molar-refractivity contribution in [2.24, 2.45) is 0 Å². The third kappa shape index (κ3) is 2.01. The quantitative estimate of drug-likeness (QED) is 0.413. The van der Waals surface area contributed by atoms with Crippen molar-refractivity contribution in [1.29, 1.82) is 0 Å². The van der Waals surface area contributed by atoms with Crippen LogP contribution in [0.25, 0.3) is 0 Å². The summed E-state index contributed by atoms with van der Waals surface area (Å²) in [5.74, 6) is 0. The van der Waals surface area contributed by atoms with Crippen molar-refractivity contribution in [3.63, 3.8) is 0 Å². The number of hydrogen-bond donors (Lipinski definition) is 0. The average Bonchev–Trinajstić information content (AvgIpc) is 1.64. The van der Waals surface area contributed by atoms with E-state index in [-0.39, 0.29) is 0 Å². The fourth-order valence-corrected chi connectivity index (χ4v) is 0.0758. The smallest absolute Gasteiger partial charge is 0.249 e. The Balaban J connectivity index is 4.14. The van der Waals surface area contributed by atoms with Gasteiger partial charge in [0.25, 0.3) is 0 Å². The zero-order chi connectivity index (χ0) is 7.71. The van der Waals surface area contributed by atoms with E-state index >= 15 is 0 Å². The van der Waals surface area contributed by atoms with Crippen molar-refractivity contribution in [3.8, 4) is 0 Å². The van der Waals surface area contributed by atoms with Crippen LogP contribution in [0, 0.1) is 0 Å². The van der Waals surface area contributed by atoms with Crippen LogP contribution in [0.1, 0.15) is 6.92 Å². The Kier molecular flexibility index (Phi) is 2.33. The largest absolute Gasteiger partial charge is 0.409 e. The number of hydrogen-bond acceptors (Lipinski definition) is 0. The Morgan fingerprint density at radius 3 is 1.67 bits per heavy atom. The fourth-order valence-electron chi connectivity index (χ4n) is 0.0758. The van der Waals surface area contributed by atoms with Gasteiger partial charge in [-0.2, -0.15) is 13.2 Å². The zero-order valence-electron chi connectivity index (χ0n) is 4.60. The SMILES string of the molecule is CC(Cl)(CF)C(F)(F)F. The number of alkyl halides is 5. The summed E-state index contributed by atoms with van der Waals surface area (Å²) in [4.78, 5) is -2.72. The van der Waals surface area contributed by atoms with Gasteiger partial charge in [0.15, 0.2) is 4.87 Å². The van der Waals surface area contributed by atoms with E-state index in [9.17, 15) is 17.6 Å². The van der Waals surface area contributed by atoms with E-state index in [1.54, 1.807) is 0 Å². The van der Waals surface area contributed by atoms with Gasteiger partial charge in [0.2, 0.25) is 0 Å². The van der Waals surface area contributed by atoms with E-state index in [1.165, 1.54) is 0 Å². The van der Waals surface area contributed by atoms with Gasteiger partial charge in [-0.25, -0.2) is 4.39 Å². The molecule has 0 spiro atoms. The third-order valence-corrected chi connectivity index (χ3v) is 1.16. The monoisotopic (exact) mass is 164 g/mol. The molecule has 0 aliphatic carbocycles. The molecular weight excluding hydrogens is 159 g/mol. The minimum atomic E-state index is -4.66. The van der Waals surface area contributed by atoms with Crippen molar-refractivity contribution < 1.29 is 17.6 Å². The second kappa shape index (κ2) is 2.33. The maximum atomic E-state index is 11.5. The molecule has 0 amide bonds. The molecule has 0 aromatic carbocycles. The van der Waals surface area contributed by atoms with Crippen LogP contribution in [0.4, 0.5) is 17.6 Å². The summed E-state index contributed by atoms with van der Waals surface area (Å²) in [6.07, 6.45) is -4.66. The third-order valence-electron chi connectivity index (χ3n) is 0.842. The Labute approximate surface area is 54.8 Å². The van der Waals surface area contributed by atoms with Crippen LogP contribution in [0.15, 0.2) is 0 Å². The Hall–Kier alpha value is 0.01000. The molecule has 0 bridgehead atoms. The normalized spacial score (nSPS) is 19.3. The van der Waals surface area contributed by atoms with Crippen LogP contribution < -0.4 is 0 Å². The van der Waals surface area contributed by atoms with Crippen molar-refractivity contribution in [1.82, 2.24) is 0 Å². The first-order valence-electron chi connectivity index (χ1n) is 2.13. The summed E-state index contributed by atoms with van der Waals surface area (Å²) in [7, 11) is 0. The van der Waals surface area contributed by atoms with Gasteiger partial charge in [-0.3, -0.25) is 0 Å². The van der Waals surface area contributed by atoms with Gasteiger partial charge >= 0.3 is 6.18 Å². The van der Waals surface area contributed by atoms with Crippen LogP contribution in [-0.4, -0.2) is 17.7 Å². The lowest BCUT2D eigenvalue weighted by atomic mass is 10.2. The van der Waals surface area contributed by atoms with E-state index in [4.69, 9.17) is 11.6 Å². The Morgan fingerprint density at radius 1 is 1.33 bits per heavy atom. The highest BCUT2D eigenvalue weighted by molar-refractivity contribution is 6.24. The molecular formula is C4H5ClF4. The molecule has 0 aromatic rings. The molecule has 0 saturated carbocycles. The lowest BCUT2D eigenvalue weighted by Gasteiger charge is -2.20. The Bertz CT molecular complexity index is 95.2. The molecule has 5 heteroatoms.